The van der Waals surface area contributed by atoms with Crippen LogP contribution in [0.4, 0.5) is 0 Å². The number of nitrogens with zero attached hydrogens (tertiary/aromatic N) is 2. The van der Waals surface area contributed by atoms with Crippen LogP contribution >= 0.6 is 0 Å². The lowest BCUT2D eigenvalue weighted by molar-refractivity contribution is 0.122. The van der Waals surface area contributed by atoms with E-state index < -0.39 is 29.4 Å². The second-order valence-corrected chi connectivity index (χ2v) is 15.6. The fourth-order valence-electron chi connectivity index (χ4n) is 5.83. The van der Waals surface area contributed by atoms with Gasteiger partial charge in [-0.15, -0.1) is 0 Å². The molecule has 3 aliphatic carbocycles. The maximum Gasteiger partial charge on any atom is 0.500 e. The highest BCUT2D eigenvalue weighted by atomic mass is 28.4. The van der Waals surface area contributed by atoms with Crippen LogP contribution in [-0.2, 0) is 39.6 Å². The van der Waals surface area contributed by atoms with E-state index in [2.05, 4.69) is 0 Å². The zero-order valence-corrected chi connectivity index (χ0v) is 24.7. The first-order valence-corrected chi connectivity index (χ1v) is 16.3. The minimum Gasteiger partial charge on any atom is -0.494 e. The predicted octanol–water partition coefficient (Wildman–Crippen LogP) is 2.80. The Labute approximate surface area is 224 Å². The molecule has 0 saturated heterocycles. The summed E-state index contributed by atoms with van der Waals surface area (Å²) in [5.41, 5.74) is 2.14. The van der Waals surface area contributed by atoms with Crippen molar-refractivity contribution in [1.29, 1.82) is 0 Å². The highest BCUT2D eigenvalue weighted by Gasteiger charge is 2.47. The van der Waals surface area contributed by atoms with Crippen LogP contribution in [0.1, 0.15) is 46.9 Å². The Bertz CT molecular complexity index is 1020. The largest absolute Gasteiger partial charge is 0.500 e. The summed E-state index contributed by atoms with van der Waals surface area (Å²) in [7, 11) is 3.64. The van der Waals surface area contributed by atoms with Crippen molar-refractivity contribution in [3.05, 3.63) is 34.4 Å². The number of rotatable bonds is 14. The zero-order chi connectivity index (χ0) is 27.8. The number of hydrogen-bond donors (Lipinski definition) is 4. The molecular formula is C24H38N2O10Si2. The van der Waals surface area contributed by atoms with Gasteiger partial charge in [-0.3, -0.25) is 9.13 Å². The molecule has 0 radical (unpaired) electrons. The first-order valence-electron chi connectivity index (χ1n) is 12.5. The summed E-state index contributed by atoms with van der Waals surface area (Å²) in [5, 5.41) is 44.7. The van der Waals surface area contributed by atoms with E-state index in [4.69, 9.17) is 26.6 Å². The summed E-state index contributed by atoms with van der Waals surface area (Å²) >= 11 is 0. The minimum atomic E-state index is -2.80. The third-order valence-electron chi connectivity index (χ3n) is 7.90. The Balaban J connectivity index is 1.60. The van der Waals surface area contributed by atoms with E-state index in [1.807, 2.05) is 12.2 Å². The highest BCUT2D eigenvalue weighted by molar-refractivity contribution is 6.60. The van der Waals surface area contributed by atoms with Crippen LogP contribution in [-0.4, -0.2) is 89.8 Å². The lowest BCUT2D eigenvalue weighted by atomic mass is 9.70. The topological polar surface area (TPSA) is 146 Å². The van der Waals surface area contributed by atoms with Gasteiger partial charge in [0.25, 0.3) is 0 Å². The quantitative estimate of drug-likeness (QED) is 0.198. The van der Waals surface area contributed by atoms with E-state index in [1.165, 1.54) is 9.13 Å². The fourth-order valence-corrected chi connectivity index (χ4v) is 9.24. The molecule has 0 saturated carbocycles. The van der Waals surface area contributed by atoms with Crippen molar-refractivity contribution >= 4 is 17.6 Å². The molecule has 14 heteroatoms. The van der Waals surface area contributed by atoms with Gasteiger partial charge in [0.05, 0.1) is 0 Å². The summed E-state index contributed by atoms with van der Waals surface area (Å²) in [4.78, 5) is 0. The first kappa shape index (κ1) is 28.7. The van der Waals surface area contributed by atoms with E-state index >= 15 is 0 Å². The molecule has 5 rings (SSSR count). The number of aromatic hydroxyl groups is 4. The maximum atomic E-state index is 11.2. The van der Waals surface area contributed by atoms with E-state index in [9.17, 15) is 20.4 Å². The molecule has 0 spiro atoms. The minimum absolute atomic E-state index is 0.0651. The standard InChI is InChI=1S/C24H38N2O10Si2/c1-31-37(32-2,33-3)13-7-11-25-21(27)17-15-9-10-16(18(17)22(25)28)20-19(15)23(29)26(24(20)30)12-8-14-38(34-4,35-5)36-6/h9-10,15-16,27-30H,7-8,11-14H2,1-6H3. The van der Waals surface area contributed by atoms with E-state index in [0.717, 1.165) is 0 Å². The van der Waals surface area contributed by atoms with Gasteiger partial charge in [-0.05, 0) is 12.8 Å². The zero-order valence-electron chi connectivity index (χ0n) is 22.7. The molecule has 0 aromatic carbocycles. The molecule has 0 fully saturated rings. The Morgan fingerprint density at radius 3 is 1.05 bits per heavy atom. The van der Waals surface area contributed by atoms with Gasteiger partial charge in [-0.25, -0.2) is 0 Å². The van der Waals surface area contributed by atoms with Crippen molar-refractivity contribution in [3.63, 3.8) is 0 Å². The van der Waals surface area contributed by atoms with Gasteiger partial charge in [0.2, 0.25) is 0 Å². The molecule has 212 valence electrons. The Morgan fingerprint density at radius 2 is 0.816 bits per heavy atom. The molecule has 38 heavy (non-hydrogen) atoms. The molecule has 0 aliphatic heterocycles. The molecule has 2 aromatic rings. The van der Waals surface area contributed by atoms with Gasteiger partial charge < -0.3 is 47.0 Å². The van der Waals surface area contributed by atoms with Crippen molar-refractivity contribution in [2.75, 3.05) is 42.7 Å². The second kappa shape index (κ2) is 11.1. The molecule has 3 aliphatic rings. The smallest absolute Gasteiger partial charge is 0.494 e. The van der Waals surface area contributed by atoms with E-state index in [-0.39, 0.29) is 23.5 Å². The summed E-state index contributed by atoms with van der Waals surface area (Å²) in [6.07, 6.45) is 4.84. The third-order valence-corrected chi connectivity index (χ3v) is 13.6. The lowest BCUT2D eigenvalue weighted by Gasteiger charge is -2.31. The maximum absolute atomic E-state index is 11.2. The molecular weight excluding hydrogens is 532 g/mol. The van der Waals surface area contributed by atoms with Gasteiger partial charge in [0.1, 0.15) is 0 Å². The molecule has 2 heterocycles. The summed E-state index contributed by atoms with van der Waals surface area (Å²) < 4.78 is 35.7. The van der Waals surface area contributed by atoms with E-state index in [0.29, 0.717) is 60.3 Å². The van der Waals surface area contributed by atoms with Crippen molar-refractivity contribution in [2.45, 2.75) is 49.9 Å². The lowest BCUT2D eigenvalue weighted by Crippen LogP contribution is -2.42. The van der Waals surface area contributed by atoms with Crippen molar-refractivity contribution in [2.24, 2.45) is 0 Å². The van der Waals surface area contributed by atoms with Crippen LogP contribution in [0, 0.1) is 0 Å². The fraction of sp³-hybridized carbons (Fsp3) is 0.583. The molecule has 2 bridgehead atoms. The average molecular weight is 571 g/mol. The van der Waals surface area contributed by atoms with Crippen LogP contribution in [0.15, 0.2) is 12.2 Å². The Hall–Kier alpha value is -2.31. The van der Waals surface area contributed by atoms with Crippen LogP contribution < -0.4 is 0 Å². The van der Waals surface area contributed by atoms with Crippen LogP contribution in [0.25, 0.3) is 0 Å². The van der Waals surface area contributed by atoms with Gasteiger partial charge in [0.15, 0.2) is 23.5 Å². The first-order chi connectivity index (χ1) is 18.2. The van der Waals surface area contributed by atoms with Crippen LogP contribution in [0.3, 0.4) is 0 Å². The number of aromatic nitrogens is 2. The Kier molecular flexibility index (Phi) is 8.35. The predicted molar refractivity (Wildman–Crippen MR) is 141 cm³/mol. The highest BCUT2D eigenvalue weighted by Crippen LogP contribution is 2.60. The van der Waals surface area contributed by atoms with Gasteiger partial charge >= 0.3 is 17.6 Å². The summed E-state index contributed by atoms with van der Waals surface area (Å²) in [6, 6.07) is 0.991. The van der Waals surface area contributed by atoms with Crippen LogP contribution in [0.2, 0.25) is 12.1 Å². The van der Waals surface area contributed by atoms with Crippen molar-refractivity contribution < 1.29 is 47.0 Å². The SMILES string of the molecule is CO[Si](CCCn1c(O)c2c(c1O)C1C=CC2c2c1c(O)n(CCC[Si](OC)(OC)OC)c2O)(OC)OC. The molecule has 0 unspecified atom stereocenters. The number of allylic oxidation sites excluding steroid dienone is 2. The average Bonchev–Trinajstić information content (AvgIpc) is 3.37. The molecule has 0 atom stereocenters. The molecule has 0 amide bonds. The summed E-state index contributed by atoms with van der Waals surface area (Å²) in [5.74, 6) is -1.29. The van der Waals surface area contributed by atoms with Gasteiger partial charge in [0, 0.05) is 102 Å². The monoisotopic (exact) mass is 570 g/mol. The Morgan fingerprint density at radius 1 is 0.553 bits per heavy atom. The molecule has 12 nitrogen and oxygen atoms in total. The van der Waals surface area contributed by atoms with Gasteiger partial charge in [-0.1, -0.05) is 12.2 Å². The molecule has 2 aromatic heterocycles. The second-order valence-electron chi connectivity index (χ2n) is 9.39. The summed E-state index contributed by atoms with van der Waals surface area (Å²) in [6.45, 7) is 0.614. The number of hydrogen-bond acceptors (Lipinski definition) is 10. The van der Waals surface area contributed by atoms with Crippen molar-refractivity contribution in [3.8, 4) is 23.5 Å². The molecule has 4 N–H and O–H groups in total. The van der Waals surface area contributed by atoms with E-state index in [1.54, 1.807) is 42.7 Å². The van der Waals surface area contributed by atoms with Crippen LogP contribution in [0.5, 0.6) is 23.5 Å². The van der Waals surface area contributed by atoms with Crippen molar-refractivity contribution in [1.82, 2.24) is 9.13 Å². The van der Waals surface area contributed by atoms with Gasteiger partial charge in [-0.2, -0.15) is 0 Å². The normalized spacial score (nSPS) is 18.3. The third kappa shape index (κ3) is 4.38.